The quantitative estimate of drug-likeness (QED) is 0.360. The first kappa shape index (κ1) is 17.0. The normalized spacial score (nSPS) is 10.7. The lowest BCUT2D eigenvalue weighted by Gasteiger charge is -2.10. The Hall–Kier alpha value is -2.49. The highest BCUT2D eigenvalue weighted by Gasteiger charge is 2.09. The molecule has 0 aliphatic rings. The Morgan fingerprint density at radius 2 is 1.35 bits per heavy atom. The molecule has 0 aliphatic heterocycles. The number of nitrogens with zero attached hydrogens (tertiary/aromatic N) is 2. The summed E-state index contributed by atoms with van der Waals surface area (Å²) in [6, 6.07) is 26.0. The predicted molar refractivity (Wildman–Crippen MR) is 111 cm³/mol. The SMILES string of the molecule is Clc1ccc(-c2cc(-c3ccc(Br)cc3)cc(-c3ccccn3)n2)cc1. The van der Waals surface area contributed by atoms with Crippen LogP contribution in [0.2, 0.25) is 5.02 Å². The summed E-state index contributed by atoms with van der Waals surface area (Å²) in [5.74, 6) is 0. The van der Waals surface area contributed by atoms with E-state index in [4.69, 9.17) is 16.6 Å². The fourth-order valence-corrected chi connectivity index (χ4v) is 3.14. The van der Waals surface area contributed by atoms with E-state index in [0.29, 0.717) is 5.02 Å². The average molecular weight is 422 g/mol. The molecule has 126 valence electrons. The Bertz CT molecular complexity index is 966. The average Bonchev–Trinajstić information content (AvgIpc) is 2.69. The summed E-state index contributed by atoms with van der Waals surface area (Å²) in [6.07, 6.45) is 1.78. The maximum atomic E-state index is 6.03. The third kappa shape index (κ3) is 3.69. The molecule has 4 heteroatoms. The Kier molecular flexibility index (Phi) is 4.83. The molecule has 2 aromatic heterocycles. The fourth-order valence-electron chi connectivity index (χ4n) is 2.75. The van der Waals surface area contributed by atoms with Gasteiger partial charge in [-0.15, -0.1) is 0 Å². The van der Waals surface area contributed by atoms with E-state index in [0.717, 1.165) is 38.2 Å². The molecule has 4 rings (SSSR count). The first-order valence-electron chi connectivity index (χ1n) is 8.14. The molecule has 0 radical (unpaired) electrons. The van der Waals surface area contributed by atoms with Crippen molar-refractivity contribution < 1.29 is 0 Å². The van der Waals surface area contributed by atoms with E-state index >= 15 is 0 Å². The molecule has 4 aromatic rings. The van der Waals surface area contributed by atoms with Gasteiger partial charge in [0.1, 0.15) is 0 Å². The first-order valence-corrected chi connectivity index (χ1v) is 9.31. The molecule has 0 saturated heterocycles. The molecule has 0 amide bonds. The minimum absolute atomic E-state index is 0.711. The van der Waals surface area contributed by atoms with Crippen LogP contribution in [0.5, 0.6) is 0 Å². The summed E-state index contributed by atoms with van der Waals surface area (Å²) in [5.41, 5.74) is 5.83. The van der Waals surface area contributed by atoms with Gasteiger partial charge in [0.15, 0.2) is 0 Å². The van der Waals surface area contributed by atoms with Gasteiger partial charge in [0, 0.05) is 21.3 Å². The van der Waals surface area contributed by atoms with Crippen LogP contribution in [0.3, 0.4) is 0 Å². The number of rotatable bonds is 3. The molecule has 26 heavy (non-hydrogen) atoms. The van der Waals surface area contributed by atoms with Gasteiger partial charge in [0.2, 0.25) is 0 Å². The highest BCUT2D eigenvalue weighted by atomic mass is 79.9. The summed E-state index contributed by atoms with van der Waals surface area (Å²) < 4.78 is 1.05. The number of pyridine rings is 2. The van der Waals surface area contributed by atoms with Crippen LogP contribution < -0.4 is 0 Å². The zero-order valence-corrected chi connectivity index (χ0v) is 16.1. The molecule has 2 nitrogen and oxygen atoms in total. The van der Waals surface area contributed by atoms with E-state index in [-0.39, 0.29) is 0 Å². The van der Waals surface area contributed by atoms with Crippen LogP contribution in [0.4, 0.5) is 0 Å². The van der Waals surface area contributed by atoms with Crippen molar-refractivity contribution in [2.45, 2.75) is 0 Å². The molecule has 2 heterocycles. The second kappa shape index (κ2) is 7.40. The topological polar surface area (TPSA) is 25.8 Å². The van der Waals surface area contributed by atoms with Crippen molar-refractivity contribution in [3.63, 3.8) is 0 Å². The Balaban J connectivity index is 1.89. The lowest BCUT2D eigenvalue weighted by Crippen LogP contribution is -1.92. The van der Waals surface area contributed by atoms with Gasteiger partial charge in [0.05, 0.1) is 17.1 Å². The monoisotopic (exact) mass is 420 g/mol. The van der Waals surface area contributed by atoms with E-state index in [1.54, 1.807) is 6.20 Å². The minimum atomic E-state index is 0.711. The molecule has 0 N–H and O–H groups in total. The summed E-state index contributed by atoms with van der Waals surface area (Å²) in [7, 11) is 0. The molecule has 0 unspecified atom stereocenters. The van der Waals surface area contributed by atoms with Crippen molar-refractivity contribution in [3.8, 4) is 33.8 Å². The van der Waals surface area contributed by atoms with E-state index < -0.39 is 0 Å². The molecule has 2 aromatic carbocycles. The van der Waals surface area contributed by atoms with Crippen LogP contribution in [-0.2, 0) is 0 Å². The molecule has 0 fully saturated rings. The molecule has 0 bridgehead atoms. The molecular formula is C22H14BrClN2. The maximum Gasteiger partial charge on any atom is 0.0899 e. The van der Waals surface area contributed by atoms with Gasteiger partial charge in [-0.2, -0.15) is 0 Å². The Morgan fingerprint density at radius 3 is 2.04 bits per heavy atom. The van der Waals surface area contributed by atoms with E-state index in [2.05, 4.69) is 45.2 Å². The second-order valence-electron chi connectivity index (χ2n) is 5.86. The smallest absolute Gasteiger partial charge is 0.0899 e. The third-order valence-corrected chi connectivity index (χ3v) is 4.85. The van der Waals surface area contributed by atoms with Crippen LogP contribution >= 0.6 is 27.5 Å². The molecule has 0 atom stereocenters. The van der Waals surface area contributed by atoms with Crippen LogP contribution in [0.15, 0.2) is 89.5 Å². The van der Waals surface area contributed by atoms with E-state index in [1.807, 2.05) is 54.6 Å². The number of aromatic nitrogens is 2. The van der Waals surface area contributed by atoms with Crippen LogP contribution in [0, 0.1) is 0 Å². The summed E-state index contributed by atoms with van der Waals surface area (Å²) >= 11 is 9.53. The van der Waals surface area contributed by atoms with Gasteiger partial charge >= 0.3 is 0 Å². The molecule has 0 saturated carbocycles. The van der Waals surface area contributed by atoms with Gasteiger partial charge in [-0.3, -0.25) is 4.98 Å². The van der Waals surface area contributed by atoms with E-state index in [1.165, 1.54) is 0 Å². The predicted octanol–water partition coefficient (Wildman–Crippen LogP) is 6.89. The van der Waals surface area contributed by atoms with Gasteiger partial charge in [-0.1, -0.05) is 57.9 Å². The Labute approximate surface area is 165 Å². The van der Waals surface area contributed by atoms with Gasteiger partial charge in [-0.25, -0.2) is 4.98 Å². The van der Waals surface area contributed by atoms with Crippen LogP contribution in [0.1, 0.15) is 0 Å². The second-order valence-corrected chi connectivity index (χ2v) is 7.21. The van der Waals surface area contributed by atoms with Crippen molar-refractivity contribution in [3.05, 3.63) is 94.6 Å². The van der Waals surface area contributed by atoms with Crippen molar-refractivity contribution in [2.24, 2.45) is 0 Å². The fraction of sp³-hybridized carbons (Fsp3) is 0. The van der Waals surface area contributed by atoms with Gasteiger partial charge < -0.3 is 0 Å². The van der Waals surface area contributed by atoms with Crippen molar-refractivity contribution >= 4 is 27.5 Å². The Morgan fingerprint density at radius 1 is 0.654 bits per heavy atom. The van der Waals surface area contributed by atoms with Crippen molar-refractivity contribution in [1.82, 2.24) is 9.97 Å². The maximum absolute atomic E-state index is 6.03. The standard InChI is InChI=1S/C22H14BrClN2/c23-18-8-4-15(5-9-18)17-13-21(16-6-10-19(24)11-7-16)26-22(14-17)20-3-1-2-12-25-20/h1-14H. The largest absolute Gasteiger partial charge is 0.255 e. The van der Waals surface area contributed by atoms with Crippen LogP contribution in [-0.4, -0.2) is 9.97 Å². The zero-order valence-electron chi connectivity index (χ0n) is 13.7. The summed E-state index contributed by atoms with van der Waals surface area (Å²) in [6.45, 7) is 0. The number of hydrogen-bond acceptors (Lipinski definition) is 2. The third-order valence-electron chi connectivity index (χ3n) is 4.07. The van der Waals surface area contributed by atoms with Crippen LogP contribution in [0.25, 0.3) is 33.8 Å². The summed E-state index contributed by atoms with van der Waals surface area (Å²) in [4.78, 5) is 9.29. The minimum Gasteiger partial charge on any atom is -0.255 e. The first-order chi connectivity index (χ1) is 12.7. The highest BCUT2D eigenvalue weighted by Crippen LogP contribution is 2.30. The van der Waals surface area contributed by atoms with Crippen molar-refractivity contribution in [2.75, 3.05) is 0 Å². The van der Waals surface area contributed by atoms with Crippen molar-refractivity contribution in [1.29, 1.82) is 0 Å². The highest BCUT2D eigenvalue weighted by molar-refractivity contribution is 9.10. The van der Waals surface area contributed by atoms with E-state index in [9.17, 15) is 0 Å². The zero-order chi connectivity index (χ0) is 17.9. The molecule has 0 aliphatic carbocycles. The lowest BCUT2D eigenvalue weighted by atomic mass is 10.0. The number of hydrogen-bond donors (Lipinski definition) is 0. The summed E-state index contributed by atoms with van der Waals surface area (Å²) in [5, 5.41) is 0.711. The van der Waals surface area contributed by atoms with Gasteiger partial charge in [0.25, 0.3) is 0 Å². The van der Waals surface area contributed by atoms with Gasteiger partial charge in [-0.05, 0) is 59.7 Å². The number of benzene rings is 2. The number of halogens is 2. The molecule has 0 spiro atoms. The molecular weight excluding hydrogens is 408 g/mol. The lowest BCUT2D eigenvalue weighted by molar-refractivity contribution is 1.25.